The summed E-state index contributed by atoms with van der Waals surface area (Å²) < 4.78 is 12.9. The first kappa shape index (κ1) is 31.4. The Hall–Kier alpha value is -4.12. The number of aromatic carboxylic acids is 1. The Kier molecular flexibility index (Phi) is 12.0. The average molecular weight is 568 g/mol. The van der Waals surface area contributed by atoms with Crippen LogP contribution in [0.15, 0.2) is 42.5 Å². The van der Waals surface area contributed by atoms with Gasteiger partial charge in [-0.2, -0.15) is 4.98 Å². The van der Waals surface area contributed by atoms with Gasteiger partial charge in [0.05, 0.1) is 35.3 Å². The highest BCUT2D eigenvalue weighted by molar-refractivity contribution is 5.92. The molecule has 4 rings (SSSR count). The van der Waals surface area contributed by atoms with Gasteiger partial charge in [0, 0.05) is 19.6 Å². The molecule has 2 heterocycles. The molecule has 1 fully saturated rings. The first-order valence-corrected chi connectivity index (χ1v) is 14.2. The van der Waals surface area contributed by atoms with Crippen LogP contribution >= 0.6 is 0 Å². The number of likely N-dealkylation sites (tertiary alicyclic amines) is 1. The van der Waals surface area contributed by atoms with Gasteiger partial charge < -0.3 is 30.1 Å². The van der Waals surface area contributed by atoms with Crippen LogP contribution in [0.25, 0.3) is 11.0 Å². The predicted octanol–water partition coefficient (Wildman–Crippen LogP) is 4.23. The van der Waals surface area contributed by atoms with Crippen molar-refractivity contribution >= 4 is 29.0 Å². The lowest BCUT2D eigenvalue weighted by Gasteiger charge is -2.24. The second-order valence-electron chi connectivity index (χ2n) is 9.67. The van der Waals surface area contributed by atoms with E-state index < -0.39 is 5.97 Å². The van der Waals surface area contributed by atoms with Crippen LogP contribution in [0.4, 0.5) is 4.79 Å². The number of likely N-dealkylation sites (N-methyl/N-ethyl adjacent to an activating group) is 1. The molecule has 11 nitrogen and oxygen atoms in total. The number of carbonyl (C=O) groups excluding carboxylic acids is 2. The summed E-state index contributed by atoms with van der Waals surface area (Å²) in [5.74, 6) is -1.35. The van der Waals surface area contributed by atoms with E-state index in [-0.39, 0.29) is 17.6 Å². The molecule has 222 valence electrons. The van der Waals surface area contributed by atoms with Gasteiger partial charge >= 0.3 is 18.0 Å². The number of esters is 1. The molecule has 2 amide bonds. The minimum absolute atomic E-state index is 0.185. The van der Waals surface area contributed by atoms with Gasteiger partial charge in [-0.1, -0.05) is 26.0 Å². The molecule has 0 bridgehead atoms. The van der Waals surface area contributed by atoms with Gasteiger partial charge in [-0.25, -0.2) is 14.4 Å². The molecule has 1 saturated heterocycles. The Morgan fingerprint density at radius 1 is 0.976 bits per heavy atom. The number of hydrogen-bond acceptors (Lipinski definition) is 7. The molecule has 2 aromatic carbocycles. The number of urea groups is 1. The van der Waals surface area contributed by atoms with Gasteiger partial charge in [0.1, 0.15) is 6.61 Å². The van der Waals surface area contributed by atoms with E-state index in [0.29, 0.717) is 48.9 Å². The highest BCUT2D eigenvalue weighted by atomic mass is 16.5. The number of amides is 2. The molecule has 0 saturated carbocycles. The van der Waals surface area contributed by atoms with Crippen LogP contribution in [-0.2, 0) is 11.3 Å². The summed E-state index contributed by atoms with van der Waals surface area (Å²) in [5, 5.41) is 9.33. The van der Waals surface area contributed by atoms with Crippen molar-refractivity contribution in [1.82, 2.24) is 19.4 Å². The lowest BCUT2D eigenvalue weighted by Crippen LogP contribution is -2.39. The van der Waals surface area contributed by atoms with Crippen molar-refractivity contribution in [3.05, 3.63) is 59.2 Å². The zero-order valence-electron chi connectivity index (χ0n) is 24.2. The minimum Gasteiger partial charge on any atom is -0.478 e. The Labute approximate surface area is 240 Å². The molecule has 1 aliphatic rings. The van der Waals surface area contributed by atoms with Crippen molar-refractivity contribution in [2.45, 2.75) is 46.6 Å². The first-order valence-electron chi connectivity index (χ1n) is 14.2. The van der Waals surface area contributed by atoms with E-state index in [9.17, 15) is 19.5 Å². The molecule has 41 heavy (non-hydrogen) atoms. The number of benzene rings is 2. The third-order valence-electron chi connectivity index (χ3n) is 6.97. The molecule has 11 heteroatoms. The summed E-state index contributed by atoms with van der Waals surface area (Å²) in [4.78, 5) is 42.6. The highest BCUT2D eigenvalue weighted by Gasteiger charge is 2.16. The summed E-state index contributed by atoms with van der Waals surface area (Å²) in [7, 11) is 0. The molecule has 3 N–H and O–H groups in total. The third-order valence-corrected chi connectivity index (χ3v) is 6.97. The summed E-state index contributed by atoms with van der Waals surface area (Å²) in [6.45, 7) is 11.5. The largest absolute Gasteiger partial charge is 0.478 e. The summed E-state index contributed by atoms with van der Waals surface area (Å²) in [5.41, 5.74) is 7.98. The minimum atomic E-state index is -0.999. The molecule has 0 spiro atoms. The molecule has 1 aliphatic heterocycles. The number of carboxylic acids is 1. The van der Waals surface area contributed by atoms with Crippen LogP contribution in [-0.4, -0.2) is 88.4 Å². The molecular formula is C30H41N5O6. The number of imidazole rings is 1. The van der Waals surface area contributed by atoms with Crippen molar-refractivity contribution in [3.63, 3.8) is 0 Å². The number of ether oxygens (including phenoxy) is 2. The molecule has 0 atom stereocenters. The summed E-state index contributed by atoms with van der Waals surface area (Å²) in [6, 6.07) is 12.1. The van der Waals surface area contributed by atoms with Crippen molar-refractivity contribution < 1.29 is 29.0 Å². The van der Waals surface area contributed by atoms with Crippen LogP contribution in [0.3, 0.4) is 0 Å². The number of nitrogens with zero attached hydrogens (tertiary/aromatic N) is 4. The highest BCUT2D eigenvalue weighted by Crippen LogP contribution is 2.24. The number of hydrogen-bond donors (Lipinski definition) is 2. The van der Waals surface area contributed by atoms with Crippen LogP contribution in [0, 0.1) is 0 Å². The Morgan fingerprint density at radius 3 is 2.20 bits per heavy atom. The number of carbonyl (C=O) groups is 3. The zero-order valence-corrected chi connectivity index (χ0v) is 24.2. The van der Waals surface area contributed by atoms with E-state index in [2.05, 4.69) is 23.7 Å². The van der Waals surface area contributed by atoms with Crippen molar-refractivity contribution in [2.75, 3.05) is 45.9 Å². The van der Waals surface area contributed by atoms with Gasteiger partial charge in [0.25, 0.3) is 6.01 Å². The van der Waals surface area contributed by atoms with Crippen molar-refractivity contribution in [2.24, 2.45) is 5.73 Å². The summed E-state index contributed by atoms with van der Waals surface area (Å²) in [6.07, 6.45) is 3.47. The van der Waals surface area contributed by atoms with Crippen LogP contribution in [0.1, 0.15) is 66.3 Å². The first-order chi connectivity index (χ1) is 19.8. The van der Waals surface area contributed by atoms with Gasteiger partial charge in [0.15, 0.2) is 0 Å². The van der Waals surface area contributed by atoms with E-state index in [4.69, 9.17) is 15.2 Å². The number of aromatic nitrogens is 2. The Balaban J connectivity index is 0.000000436. The smallest absolute Gasteiger partial charge is 0.338 e. The Bertz CT molecular complexity index is 1300. The normalized spacial score (nSPS) is 13.0. The van der Waals surface area contributed by atoms with Crippen LogP contribution in [0.2, 0.25) is 0 Å². The third kappa shape index (κ3) is 8.94. The second kappa shape index (κ2) is 15.6. The van der Waals surface area contributed by atoms with E-state index in [1.165, 1.54) is 12.5 Å². The number of rotatable bonds is 11. The number of carboxylic acid groups (broad SMARTS) is 1. The fraction of sp³-hybridized carbons (Fsp3) is 0.467. The average Bonchev–Trinajstić information content (AvgIpc) is 3.32. The number of nitrogens with two attached hydrogens (primary N) is 1. The Morgan fingerprint density at radius 2 is 1.63 bits per heavy atom. The van der Waals surface area contributed by atoms with E-state index >= 15 is 0 Å². The lowest BCUT2D eigenvalue weighted by atomic mass is 10.1. The van der Waals surface area contributed by atoms with E-state index in [1.807, 2.05) is 23.6 Å². The van der Waals surface area contributed by atoms with Crippen LogP contribution in [0.5, 0.6) is 6.01 Å². The predicted molar refractivity (Wildman–Crippen MR) is 156 cm³/mol. The second-order valence-corrected chi connectivity index (χ2v) is 9.67. The van der Waals surface area contributed by atoms with Gasteiger partial charge in [0.2, 0.25) is 0 Å². The summed E-state index contributed by atoms with van der Waals surface area (Å²) >= 11 is 0. The number of primary amides is 1. The van der Waals surface area contributed by atoms with E-state index in [1.54, 1.807) is 29.2 Å². The molecule has 1 aromatic heterocycles. The van der Waals surface area contributed by atoms with Crippen molar-refractivity contribution in [1.29, 1.82) is 0 Å². The molecule has 3 aromatic rings. The van der Waals surface area contributed by atoms with Crippen LogP contribution < -0.4 is 10.5 Å². The van der Waals surface area contributed by atoms with Gasteiger partial charge in [-0.15, -0.1) is 0 Å². The molecule has 0 radical (unpaired) electrons. The number of fused-ring (bicyclic) bond motifs is 1. The molecule has 0 aliphatic carbocycles. The SMILES string of the molecule is CCOc1nc2ccc(C(=O)O)cc2n1Cc1ccc(C(=O)OCCN(CC)CC)cc1.NC(=O)N1CCCCC1. The quantitative estimate of drug-likeness (QED) is 0.328. The maximum atomic E-state index is 12.3. The van der Waals surface area contributed by atoms with Gasteiger partial charge in [-0.05, 0) is 75.2 Å². The standard InChI is InChI=1S/C24H29N3O5.C6H12N2O/c1-4-26(5-2)13-14-32-23(30)18-9-7-17(8-10-18)16-27-21-15-19(22(28)29)11-12-20(21)25-24(27)31-6-3;7-6(9)8-4-2-1-3-5-8/h7-12,15H,4-6,13-14,16H2,1-3H3,(H,28,29);1-5H2,(H2,7,9). The van der Waals surface area contributed by atoms with E-state index in [0.717, 1.165) is 44.6 Å². The maximum Gasteiger partial charge on any atom is 0.338 e. The number of piperidine rings is 1. The fourth-order valence-corrected chi connectivity index (χ4v) is 4.56. The lowest BCUT2D eigenvalue weighted by molar-refractivity contribution is 0.0466. The topological polar surface area (TPSA) is 140 Å². The molecular weight excluding hydrogens is 526 g/mol. The maximum absolute atomic E-state index is 12.3. The zero-order chi connectivity index (χ0) is 29.8. The monoisotopic (exact) mass is 567 g/mol. The van der Waals surface area contributed by atoms with Gasteiger partial charge in [-0.3, -0.25) is 4.57 Å². The molecule has 0 unspecified atom stereocenters. The van der Waals surface area contributed by atoms with Crippen molar-refractivity contribution in [3.8, 4) is 6.01 Å². The fourth-order valence-electron chi connectivity index (χ4n) is 4.56.